The molecule has 0 radical (unpaired) electrons. The van der Waals surface area contributed by atoms with E-state index in [1.807, 2.05) is 13.8 Å². The summed E-state index contributed by atoms with van der Waals surface area (Å²) < 4.78 is 37.7. The summed E-state index contributed by atoms with van der Waals surface area (Å²) in [6.07, 6.45) is 0. The molecule has 12 heavy (non-hydrogen) atoms. The summed E-state index contributed by atoms with van der Waals surface area (Å²) in [5.41, 5.74) is 0. The van der Waals surface area contributed by atoms with Crippen LogP contribution in [-0.4, -0.2) is 22.1 Å². The summed E-state index contributed by atoms with van der Waals surface area (Å²) in [4.78, 5) is 0. The zero-order valence-electron chi connectivity index (χ0n) is 7.26. The molecule has 2 N–H and O–H groups in total. The average Bonchev–Trinajstić information content (AvgIpc) is 1.85. The Morgan fingerprint density at radius 1 is 1.00 bits per heavy atom. The van der Waals surface area contributed by atoms with Gasteiger partial charge in [0.15, 0.2) is 26.7 Å². The molecule has 0 bridgehead atoms. The maximum Gasteiger partial charge on any atom is 0.171 e. The molecule has 0 fully saturated rings. The molecule has 0 amide bonds. The lowest BCUT2D eigenvalue weighted by Gasteiger charge is -2.20. The highest BCUT2D eigenvalue weighted by molar-refractivity contribution is 7.97. The maximum absolute atomic E-state index is 10.6. The summed E-state index contributed by atoms with van der Waals surface area (Å²) in [7, 11) is 0. The Bertz CT molecular complexity index is 178. The van der Waals surface area contributed by atoms with E-state index in [0.717, 1.165) is 0 Å². The Labute approximate surface area is 77.3 Å². The van der Waals surface area contributed by atoms with Gasteiger partial charge in [0.1, 0.15) is 0 Å². The molecule has 0 heterocycles. The summed E-state index contributed by atoms with van der Waals surface area (Å²) >= 11 is -4.47. The number of hydrogen-bond donors (Lipinski definition) is 2. The van der Waals surface area contributed by atoms with E-state index in [1.165, 1.54) is 0 Å². The van der Waals surface area contributed by atoms with Crippen molar-refractivity contribution < 1.29 is 17.5 Å². The van der Waals surface area contributed by atoms with E-state index in [4.69, 9.17) is 9.11 Å². The third kappa shape index (κ3) is 3.30. The fourth-order valence-electron chi connectivity index (χ4n) is 0.752. The molecule has 74 valence electrons. The van der Waals surface area contributed by atoms with E-state index in [9.17, 15) is 8.42 Å². The molecule has 0 spiro atoms. The Balaban J connectivity index is 4.52. The molecule has 0 aliphatic carbocycles. The van der Waals surface area contributed by atoms with Gasteiger partial charge in [0.05, 0.1) is 0 Å². The van der Waals surface area contributed by atoms with Crippen LogP contribution in [0.2, 0.25) is 0 Å². The second-order valence-corrected chi connectivity index (χ2v) is 5.44. The van der Waals surface area contributed by atoms with Crippen molar-refractivity contribution in [1.82, 2.24) is 0 Å². The van der Waals surface area contributed by atoms with Crippen LogP contribution in [0.5, 0.6) is 0 Å². The van der Waals surface area contributed by atoms with Gasteiger partial charge in [0.2, 0.25) is 0 Å². The van der Waals surface area contributed by atoms with Gasteiger partial charge < -0.3 is 9.11 Å². The Kier molecular flexibility index (Phi) is 5.15. The van der Waals surface area contributed by atoms with Crippen molar-refractivity contribution in [2.45, 2.75) is 25.4 Å². The van der Waals surface area contributed by atoms with Gasteiger partial charge in [-0.25, -0.2) is 8.42 Å². The van der Waals surface area contributed by atoms with Crippen LogP contribution in [0.25, 0.3) is 0 Å². The molecular formula is C6H14O4S2. The lowest BCUT2D eigenvalue weighted by Crippen LogP contribution is -2.31. The molecule has 6 heteroatoms. The first-order valence-corrected chi connectivity index (χ1v) is 5.91. The van der Waals surface area contributed by atoms with E-state index in [1.54, 1.807) is 6.92 Å². The van der Waals surface area contributed by atoms with Crippen molar-refractivity contribution >= 4 is 22.2 Å². The third-order valence-electron chi connectivity index (χ3n) is 1.88. The molecule has 3 unspecified atom stereocenters. The Hall–Kier alpha value is 0.220. The topological polar surface area (TPSA) is 74.6 Å². The van der Waals surface area contributed by atoms with Crippen molar-refractivity contribution in [2.75, 3.05) is 0 Å². The predicted molar refractivity (Wildman–Crippen MR) is 49.3 cm³/mol. The van der Waals surface area contributed by atoms with Crippen molar-refractivity contribution in [2.24, 2.45) is 11.8 Å². The summed E-state index contributed by atoms with van der Waals surface area (Å²) in [5, 5.41) is 0. The molecule has 4 nitrogen and oxygen atoms in total. The quantitative estimate of drug-likeness (QED) is 0.686. The minimum absolute atomic E-state index is 0.113. The van der Waals surface area contributed by atoms with Gasteiger partial charge in [-0.2, -0.15) is 0 Å². The van der Waals surface area contributed by atoms with Crippen LogP contribution in [-0.2, 0) is 22.2 Å². The minimum atomic E-state index is -2.23. The van der Waals surface area contributed by atoms with E-state index >= 15 is 0 Å². The van der Waals surface area contributed by atoms with E-state index < -0.39 is 26.7 Å². The second kappa shape index (κ2) is 5.06. The second-order valence-electron chi connectivity index (χ2n) is 3.02. The smallest absolute Gasteiger partial charge is 0.171 e. The Morgan fingerprint density at radius 2 is 1.33 bits per heavy atom. The van der Waals surface area contributed by atoms with Crippen LogP contribution < -0.4 is 0 Å². The molecular weight excluding hydrogens is 200 g/mol. The number of hydrogen-bond acceptors (Lipinski definition) is 2. The molecule has 0 saturated carbocycles. The van der Waals surface area contributed by atoms with Crippen molar-refractivity contribution in [3.8, 4) is 0 Å². The lowest BCUT2D eigenvalue weighted by molar-refractivity contribution is 0.416. The molecule has 0 aromatic heterocycles. The van der Waals surface area contributed by atoms with Gasteiger partial charge in [-0.1, -0.05) is 20.8 Å². The minimum Gasteiger partial charge on any atom is -0.305 e. The molecule has 3 atom stereocenters. The van der Waals surface area contributed by atoms with Crippen molar-refractivity contribution in [3.63, 3.8) is 0 Å². The largest absolute Gasteiger partial charge is 0.305 e. The van der Waals surface area contributed by atoms with Crippen LogP contribution in [0, 0.1) is 11.8 Å². The first-order chi connectivity index (χ1) is 5.37. The van der Waals surface area contributed by atoms with Gasteiger partial charge in [-0.05, 0) is 11.8 Å². The third-order valence-corrected chi connectivity index (χ3v) is 4.52. The SMILES string of the molecule is CC(C)C(C)C(S(=O)O)S(=O)O. The van der Waals surface area contributed by atoms with Gasteiger partial charge in [-0.3, -0.25) is 0 Å². The molecule has 0 rings (SSSR count). The number of rotatable bonds is 4. The van der Waals surface area contributed by atoms with Gasteiger partial charge in [0.25, 0.3) is 0 Å². The van der Waals surface area contributed by atoms with E-state index in [2.05, 4.69) is 0 Å². The van der Waals surface area contributed by atoms with Crippen LogP contribution in [0.4, 0.5) is 0 Å². The van der Waals surface area contributed by atoms with Crippen LogP contribution in [0.15, 0.2) is 0 Å². The predicted octanol–water partition coefficient (Wildman–Crippen LogP) is 1.05. The molecule has 0 aliphatic heterocycles. The van der Waals surface area contributed by atoms with Crippen LogP contribution >= 0.6 is 0 Å². The maximum atomic E-state index is 10.6. The zero-order valence-corrected chi connectivity index (χ0v) is 8.89. The summed E-state index contributed by atoms with van der Waals surface area (Å²) in [6.45, 7) is 5.38. The van der Waals surface area contributed by atoms with Crippen molar-refractivity contribution in [1.29, 1.82) is 0 Å². The van der Waals surface area contributed by atoms with E-state index in [0.29, 0.717) is 0 Å². The van der Waals surface area contributed by atoms with Gasteiger partial charge in [0, 0.05) is 0 Å². The highest BCUT2D eigenvalue weighted by Crippen LogP contribution is 2.20. The molecule has 0 saturated heterocycles. The van der Waals surface area contributed by atoms with Crippen LogP contribution in [0.3, 0.4) is 0 Å². The normalized spacial score (nSPS) is 21.8. The molecule has 0 aromatic carbocycles. The fraction of sp³-hybridized carbons (Fsp3) is 1.00. The summed E-state index contributed by atoms with van der Waals surface area (Å²) in [6, 6.07) is 0. The fourth-order valence-corrected chi connectivity index (χ4v) is 2.68. The van der Waals surface area contributed by atoms with Crippen LogP contribution in [0.1, 0.15) is 20.8 Å². The van der Waals surface area contributed by atoms with Gasteiger partial charge >= 0.3 is 0 Å². The highest BCUT2D eigenvalue weighted by atomic mass is 32.3. The van der Waals surface area contributed by atoms with E-state index in [-0.39, 0.29) is 11.8 Å². The Morgan fingerprint density at radius 3 is 1.42 bits per heavy atom. The molecule has 0 aliphatic rings. The molecule has 0 aromatic rings. The zero-order chi connectivity index (χ0) is 9.89. The first-order valence-electron chi connectivity index (χ1n) is 3.57. The standard InChI is InChI=1S/C6H14O4S2/c1-4(2)5(3)6(11(7)8)12(9)10/h4-6H,1-3H3,(H,7,8)(H,9,10). The average molecular weight is 214 g/mol. The highest BCUT2D eigenvalue weighted by Gasteiger charge is 2.30. The summed E-state index contributed by atoms with van der Waals surface area (Å²) in [5.74, 6) is -0.135. The van der Waals surface area contributed by atoms with Gasteiger partial charge in [-0.15, -0.1) is 0 Å². The first kappa shape index (κ1) is 12.2. The van der Waals surface area contributed by atoms with Crippen molar-refractivity contribution in [3.05, 3.63) is 0 Å². The monoisotopic (exact) mass is 214 g/mol. The lowest BCUT2D eigenvalue weighted by atomic mass is 10.0.